The highest BCUT2D eigenvalue weighted by atomic mass is 35.5. The molecule has 20 heavy (non-hydrogen) atoms. The molecule has 1 aromatic heterocycles. The third kappa shape index (κ3) is 2.26. The van der Waals surface area contributed by atoms with Crippen LogP contribution in [0, 0.1) is 0 Å². The zero-order valence-electron chi connectivity index (χ0n) is 12.1. The molecule has 1 aliphatic rings. The van der Waals surface area contributed by atoms with E-state index in [1.165, 1.54) is 24.6 Å². The van der Waals surface area contributed by atoms with E-state index in [1.54, 1.807) is 0 Å². The first kappa shape index (κ1) is 13.7. The van der Waals surface area contributed by atoms with E-state index in [2.05, 4.69) is 43.0 Å². The summed E-state index contributed by atoms with van der Waals surface area (Å²) in [5, 5.41) is 1.17. The fourth-order valence-corrected chi connectivity index (χ4v) is 3.52. The molecule has 2 aromatic rings. The quantitative estimate of drug-likeness (QED) is 0.758. The van der Waals surface area contributed by atoms with E-state index in [9.17, 15) is 0 Å². The molecule has 0 N–H and O–H groups in total. The van der Waals surface area contributed by atoms with Gasteiger partial charge in [0.1, 0.15) is 5.82 Å². The Morgan fingerprint density at radius 2 is 2.10 bits per heavy atom. The van der Waals surface area contributed by atoms with Crippen molar-refractivity contribution in [3.63, 3.8) is 0 Å². The minimum absolute atomic E-state index is 0.521. The number of aromatic nitrogens is 1. The van der Waals surface area contributed by atoms with Crippen molar-refractivity contribution in [2.24, 2.45) is 0 Å². The number of rotatable bonds is 3. The molecule has 3 heteroatoms. The van der Waals surface area contributed by atoms with Gasteiger partial charge in [-0.1, -0.05) is 25.1 Å². The monoisotopic (exact) mass is 288 g/mol. The number of pyridine rings is 1. The Hall–Kier alpha value is -1.28. The number of fused-ring (bicyclic) bond motifs is 1. The molecule has 0 bridgehead atoms. The maximum Gasteiger partial charge on any atom is 0.134 e. The summed E-state index contributed by atoms with van der Waals surface area (Å²) in [6.07, 6.45) is 3.67. The highest BCUT2D eigenvalue weighted by Gasteiger charge is 2.31. The van der Waals surface area contributed by atoms with Crippen LogP contribution >= 0.6 is 11.6 Å². The molecule has 0 spiro atoms. The third-order valence-electron chi connectivity index (χ3n) is 4.43. The normalized spacial score (nSPS) is 22.6. The summed E-state index contributed by atoms with van der Waals surface area (Å²) < 4.78 is 0. The molecule has 0 aliphatic carbocycles. The van der Waals surface area contributed by atoms with Gasteiger partial charge in [-0.25, -0.2) is 4.98 Å². The van der Waals surface area contributed by atoms with Crippen LogP contribution in [0.4, 0.5) is 5.82 Å². The first-order valence-electron chi connectivity index (χ1n) is 7.47. The molecule has 2 unspecified atom stereocenters. The molecule has 0 amide bonds. The van der Waals surface area contributed by atoms with Crippen LogP contribution in [0.15, 0.2) is 30.3 Å². The molecule has 106 valence electrons. The second kappa shape index (κ2) is 5.61. The fourth-order valence-electron chi connectivity index (χ4n) is 3.33. The second-order valence-electron chi connectivity index (χ2n) is 5.69. The Kier molecular flexibility index (Phi) is 3.84. The Morgan fingerprint density at radius 3 is 2.85 bits per heavy atom. The third-order valence-corrected chi connectivity index (χ3v) is 4.71. The Labute approximate surface area is 125 Å². The highest BCUT2D eigenvalue weighted by Crippen LogP contribution is 2.34. The summed E-state index contributed by atoms with van der Waals surface area (Å²) in [4.78, 5) is 7.41. The molecular weight excluding hydrogens is 268 g/mol. The Bertz CT molecular complexity index is 611. The topological polar surface area (TPSA) is 16.1 Å². The van der Waals surface area contributed by atoms with E-state index in [-0.39, 0.29) is 0 Å². The first-order chi connectivity index (χ1) is 9.74. The molecule has 2 nitrogen and oxygen atoms in total. The summed E-state index contributed by atoms with van der Waals surface area (Å²) >= 11 is 6.18. The van der Waals surface area contributed by atoms with Gasteiger partial charge in [-0.3, -0.25) is 0 Å². The molecule has 2 atom stereocenters. The minimum atomic E-state index is 0.521. The molecule has 0 saturated carbocycles. The number of anilines is 1. The van der Waals surface area contributed by atoms with Gasteiger partial charge in [0.25, 0.3) is 0 Å². The van der Waals surface area contributed by atoms with Crippen LogP contribution in [0.2, 0.25) is 0 Å². The number of hydrogen-bond donors (Lipinski definition) is 0. The van der Waals surface area contributed by atoms with Crippen LogP contribution < -0.4 is 4.90 Å². The lowest BCUT2D eigenvalue weighted by molar-refractivity contribution is 0.620. The van der Waals surface area contributed by atoms with E-state index in [0.717, 1.165) is 16.9 Å². The zero-order chi connectivity index (χ0) is 14.1. The van der Waals surface area contributed by atoms with Crippen LogP contribution in [-0.4, -0.2) is 17.1 Å². The van der Waals surface area contributed by atoms with E-state index >= 15 is 0 Å². The standard InChI is InChI=1S/C17H21ClN2/c1-3-15-9-8-12(2)20(15)17-14(11-18)10-13-6-4-5-7-16(13)19-17/h4-7,10,12,15H,3,8-9,11H2,1-2H3. The maximum absolute atomic E-state index is 6.18. The van der Waals surface area contributed by atoms with Gasteiger partial charge in [0.2, 0.25) is 0 Å². The predicted octanol–water partition coefficient (Wildman–Crippen LogP) is 4.74. The van der Waals surface area contributed by atoms with Gasteiger partial charge in [0.15, 0.2) is 0 Å². The number of benzene rings is 1. The van der Waals surface area contributed by atoms with Gasteiger partial charge in [0.05, 0.1) is 11.4 Å². The molecule has 2 heterocycles. The van der Waals surface area contributed by atoms with Gasteiger partial charge >= 0.3 is 0 Å². The predicted molar refractivity (Wildman–Crippen MR) is 86.6 cm³/mol. The van der Waals surface area contributed by atoms with E-state index < -0.39 is 0 Å². The summed E-state index contributed by atoms with van der Waals surface area (Å²) in [6, 6.07) is 11.6. The Balaban J connectivity index is 2.13. The average molecular weight is 289 g/mol. The zero-order valence-corrected chi connectivity index (χ0v) is 12.9. The van der Waals surface area contributed by atoms with Crippen LogP contribution in [-0.2, 0) is 5.88 Å². The molecule has 0 radical (unpaired) electrons. The van der Waals surface area contributed by atoms with Crippen LogP contribution in [0.1, 0.15) is 38.7 Å². The van der Waals surface area contributed by atoms with Crippen molar-refractivity contribution in [3.05, 3.63) is 35.9 Å². The summed E-state index contributed by atoms with van der Waals surface area (Å²) in [7, 11) is 0. The summed E-state index contributed by atoms with van der Waals surface area (Å²) in [5.41, 5.74) is 2.21. The molecule has 3 rings (SSSR count). The lowest BCUT2D eigenvalue weighted by Gasteiger charge is -2.31. The van der Waals surface area contributed by atoms with Crippen molar-refractivity contribution < 1.29 is 0 Å². The van der Waals surface area contributed by atoms with Gasteiger partial charge in [-0.2, -0.15) is 0 Å². The smallest absolute Gasteiger partial charge is 0.134 e. The van der Waals surface area contributed by atoms with E-state index in [1.807, 2.05) is 6.07 Å². The lowest BCUT2D eigenvalue weighted by Crippen LogP contribution is -2.35. The van der Waals surface area contributed by atoms with Crippen molar-refractivity contribution in [2.75, 3.05) is 4.90 Å². The maximum atomic E-state index is 6.18. The van der Waals surface area contributed by atoms with Gasteiger partial charge in [-0.05, 0) is 38.3 Å². The SMILES string of the molecule is CCC1CCC(C)N1c1nc2ccccc2cc1CCl. The number of para-hydroxylation sites is 1. The second-order valence-corrected chi connectivity index (χ2v) is 5.96. The number of nitrogens with zero attached hydrogens (tertiary/aromatic N) is 2. The van der Waals surface area contributed by atoms with Crippen LogP contribution in [0.5, 0.6) is 0 Å². The Morgan fingerprint density at radius 1 is 1.30 bits per heavy atom. The molecule has 1 saturated heterocycles. The first-order valence-corrected chi connectivity index (χ1v) is 8.01. The van der Waals surface area contributed by atoms with Crippen LogP contribution in [0.25, 0.3) is 10.9 Å². The number of halogens is 1. The molecule has 1 aliphatic heterocycles. The van der Waals surface area contributed by atoms with Gasteiger partial charge in [-0.15, -0.1) is 11.6 Å². The van der Waals surface area contributed by atoms with Crippen molar-refractivity contribution >= 4 is 28.3 Å². The number of alkyl halides is 1. The van der Waals surface area contributed by atoms with Gasteiger partial charge < -0.3 is 4.90 Å². The fraction of sp³-hybridized carbons (Fsp3) is 0.471. The largest absolute Gasteiger partial charge is 0.351 e. The lowest BCUT2D eigenvalue weighted by atomic mass is 10.1. The minimum Gasteiger partial charge on any atom is -0.351 e. The van der Waals surface area contributed by atoms with Crippen molar-refractivity contribution in [2.45, 2.75) is 51.1 Å². The van der Waals surface area contributed by atoms with E-state index in [4.69, 9.17) is 16.6 Å². The highest BCUT2D eigenvalue weighted by molar-refractivity contribution is 6.17. The van der Waals surface area contributed by atoms with Crippen molar-refractivity contribution in [1.29, 1.82) is 0 Å². The summed E-state index contributed by atoms with van der Waals surface area (Å²) in [5.74, 6) is 1.61. The van der Waals surface area contributed by atoms with Crippen molar-refractivity contribution in [1.82, 2.24) is 4.98 Å². The van der Waals surface area contributed by atoms with Crippen molar-refractivity contribution in [3.8, 4) is 0 Å². The molecule has 1 fully saturated rings. The molecular formula is C17H21ClN2. The van der Waals surface area contributed by atoms with E-state index in [0.29, 0.717) is 18.0 Å². The van der Waals surface area contributed by atoms with Crippen LogP contribution in [0.3, 0.4) is 0 Å². The average Bonchev–Trinajstić information content (AvgIpc) is 2.86. The summed E-state index contributed by atoms with van der Waals surface area (Å²) in [6.45, 7) is 4.56. The number of hydrogen-bond acceptors (Lipinski definition) is 2. The van der Waals surface area contributed by atoms with Gasteiger partial charge in [0, 0.05) is 23.0 Å². The molecule has 1 aromatic carbocycles.